The van der Waals surface area contributed by atoms with Gasteiger partial charge < -0.3 is 15.2 Å². The normalized spacial score (nSPS) is 13.1. The number of methoxy groups -OCH3 is 1. The van der Waals surface area contributed by atoms with E-state index in [1.54, 1.807) is 19.2 Å². The van der Waals surface area contributed by atoms with E-state index in [0.717, 1.165) is 5.69 Å². The van der Waals surface area contributed by atoms with Crippen LogP contribution in [0.25, 0.3) is 0 Å². The van der Waals surface area contributed by atoms with Crippen molar-refractivity contribution in [3.05, 3.63) is 23.4 Å². The van der Waals surface area contributed by atoms with Gasteiger partial charge in [-0.25, -0.2) is 9.78 Å². The van der Waals surface area contributed by atoms with E-state index < -0.39 is 5.97 Å². The maximum Gasteiger partial charge on any atom is 0.335 e. The molecule has 0 fully saturated rings. The van der Waals surface area contributed by atoms with Crippen LogP contribution in [-0.4, -0.2) is 35.8 Å². The van der Waals surface area contributed by atoms with Gasteiger partial charge in [-0.05, 0) is 19.1 Å². The van der Waals surface area contributed by atoms with Crippen LogP contribution in [0.4, 0.5) is 5.82 Å². The molecular formula is C14H22N2O3. The van der Waals surface area contributed by atoms with E-state index in [9.17, 15) is 4.79 Å². The molecule has 0 saturated carbocycles. The van der Waals surface area contributed by atoms with Crippen LogP contribution in [-0.2, 0) is 10.2 Å². The number of aromatic nitrogens is 1. The lowest BCUT2D eigenvalue weighted by Crippen LogP contribution is -2.21. The van der Waals surface area contributed by atoms with E-state index in [1.807, 2.05) is 27.7 Å². The summed E-state index contributed by atoms with van der Waals surface area (Å²) in [6.07, 6.45) is 0.0355. The second-order valence-corrected chi connectivity index (χ2v) is 5.61. The van der Waals surface area contributed by atoms with Crippen molar-refractivity contribution in [2.45, 2.75) is 39.2 Å². The lowest BCUT2D eigenvalue weighted by Gasteiger charge is -2.20. The number of hydrogen-bond donors (Lipinski definition) is 2. The molecule has 19 heavy (non-hydrogen) atoms. The first-order valence-corrected chi connectivity index (χ1v) is 6.26. The van der Waals surface area contributed by atoms with Gasteiger partial charge in [-0.2, -0.15) is 0 Å². The smallest absolute Gasteiger partial charge is 0.335 e. The zero-order valence-corrected chi connectivity index (χ0v) is 12.2. The van der Waals surface area contributed by atoms with Crippen molar-refractivity contribution in [3.8, 4) is 0 Å². The van der Waals surface area contributed by atoms with E-state index in [2.05, 4.69) is 10.3 Å². The number of anilines is 1. The molecule has 0 aliphatic rings. The van der Waals surface area contributed by atoms with Crippen molar-refractivity contribution >= 4 is 11.8 Å². The minimum Gasteiger partial charge on any atom is -0.478 e. The topological polar surface area (TPSA) is 71.5 Å². The van der Waals surface area contributed by atoms with Crippen molar-refractivity contribution < 1.29 is 14.6 Å². The quantitative estimate of drug-likeness (QED) is 0.857. The second-order valence-electron chi connectivity index (χ2n) is 5.61. The predicted molar refractivity (Wildman–Crippen MR) is 74.9 cm³/mol. The molecule has 0 amide bonds. The molecule has 1 heterocycles. The Morgan fingerprint density at radius 3 is 2.58 bits per heavy atom. The summed E-state index contributed by atoms with van der Waals surface area (Å²) in [5.74, 6) is -0.385. The van der Waals surface area contributed by atoms with Gasteiger partial charge in [0.2, 0.25) is 0 Å². The summed E-state index contributed by atoms with van der Waals surface area (Å²) in [6.45, 7) is 8.52. The predicted octanol–water partition coefficient (Wildman–Crippen LogP) is 2.52. The molecule has 5 heteroatoms. The molecule has 5 nitrogen and oxygen atoms in total. The summed E-state index contributed by atoms with van der Waals surface area (Å²) in [6, 6.07) is 3.16. The van der Waals surface area contributed by atoms with Gasteiger partial charge in [-0.15, -0.1) is 0 Å². The number of ether oxygens (including phenoxy) is 1. The highest BCUT2D eigenvalue weighted by atomic mass is 16.5. The largest absolute Gasteiger partial charge is 0.478 e. The van der Waals surface area contributed by atoms with Crippen LogP contribution in [0, 0.1) is 0 Å². The van der Waals surface area contributed by atoms with E-state index >= 15 is 0 Å². The van der Waals surface area contributed by atoms with E-state index in [-0.39, 0.29) is 17.1 Å². The van der Waals surface area contributed by atoms with Crippen LogP contribution in [0.1, 0.15) is 43.7 Å². The second kappa shape index (κ2) is 6.02. The highest BCUT2D eigenvalue weighted by Gasteiger charge is 2.19. The number of aromatic carboxylic acids is 1. The number of carboxylic acid groups (broad SMARTS) is 1. The van der Waals surface area contributed by atoms with Gasteiger partial charge in [-0.1, -0.05) is 20.8 Å². The molecule has 0 aliphatic heterocycles. The molecule has 1 aromatic rings. The third-order valence-corrected chi connectivity index (χ3v) is 2.81. The SMILES string of the molecule is COC(C)CNc1cc(C(=O)O)cc(C(C)(C)C)n1. The lowest BCUT2D eigenvalue weighted by atomic mass is 9.91. The number of carboxylic acids is 1. The molecule has 1 aromatic heterocycles. The van der Waals surface area contributed by atoms with Crippen LogP contribution in [0.2, 0.25) is 0 Å². The van der Waals surface area contributed by atoms with Crippen molar-refractivity contribution in [2.75, 3.05) is 19.0 Å². The summed E-state index contributed by atoms with van der Waals surface area (Å²) >= 11 is 0. The molecule has 106 valence electrons. The van der Waals surface area contributed by atoms with Gasteiger partial charge in [0, 0.05) is 24.8 Å². The molecule has 0 aliphatic carbocycles. The highest BCUT2D eigenvalue weighted by molar-refractivity contribution is 5.88. The molecular weight excluding hydrogens is 244 g/mol. The number of nitrogens with zero attached hydrogens (tertiary/aromatic N) is 1. The summed E-state index contributed by atoms with van der Waals surface area (Å²) in [7, 11) is 1.63. The highest BCUT2D eigenvalue weighted by Crippen LogP contribution is 2.23. The number of rotatable bonds is 5. The first kappa shape index (κ1) is 15.4. The first-order valence-electron chi connectivity index (χ1n) is 6.26. The van der Waals surface area contributed by atoms with Crippen molar-refractivity contribution in [2.24, 2.45) is 0 Å². The summed E-state index contributed by atoms with van der Waals surface area (Å²) < 4.78 is 5.14. The number of carbonyl (C=O) groups is 1. The Balaban J connectivity index is 3.03. The Morgan fingerprint density at radius 2 is 2.11 bits per heavy atom. The molecule has 0 radical (unpaired) electrons. The van der Waals surface area contributed by atoms with Crippen LogP contribution < -0.4 is 5.32 Å². The monoisotopic (exact) mass is 266 g/mol. The molecule has 0 aromatic carbocycles. The Kier molecular flexibility index (Phi) is 4.89. The van der Waals surface area contributed by atoms with Gasteiger partial charge in [0.05, 0.1) is 11.7 Å². The standard InChI is InChI=1S/C14H22N2O3/c1-9(19-5)8-15-12-7-10(13(17)18)6-11(16-12)14(2,3)4/h6-7,9H,8H2,1-5H3,(H,15,16)(H,17,18). The number of pyridine rings is 1. The molecule has 1 atom stereocenters. The fraction of sp³-hybridized carbons (Fsp3) is 0.571. The van der Waals surface area contributed by atoms with Gasteiger partial charge >= 0.3 is 5.97 Å². The zero-order valence-electron chi connectivity index (χ0n) is 12.2. The minimum absolute atomic E-state index is 0.0355. The Hall–Kier alpha value is -1.62. The molecule has 0 bridgehead atoms. The maximum atomic E-state index is 11.1. The Labute approximate surface area is 114 Å². The fourth-order valence-corrected chi connectivity index (χ4v) is 1.46. The summed E-state index contributed by atoms with van der Waals surface area (Å²) in [4.78, 5) is 15.6. The van der Waals surface area contributed by atoms with Crippen LogP contribution in [0.15, 0.2) is 12.1 Å². The number of hydrogen-bond acceptors (Lipinski definition) is 4. The van der Waals surface area contributed by atoms with Crippen molar-refractivity contribution in [1.82, 2.24) is 4.98 Å². The minimum atomic E-state index is -0.948. The maximum absolute atomic E-state index is 11.1. The fourth-order valence-electron chi connectivity index (χ4n) is 1.46. The van der Waals surface area contributed by atoms with Crippen molar-refractivity contribution in [3.63, 3.8) is 0 Å². The molecule has 2 N–H and O–H groups in total. The molecule has 1 rings (SSSR count). The third kappa shape index (κ3) is 4.52. The van der Waals surface area contributed by atoms with Gasteiger partial charge in [-0.3, -0.25) is 0 Å². The average molecular weight is 266 g/mol. The molecule has 0 spiro atoms. The van der Waals surface area contributed by atoms with E-state index in [0.29, 0.717) is 12.4 Å². The van der Waals surface area contributed by atoms with Gasteiger partial charge in [0.25, 0.3) is 0 Å². The Morgan fingerprint density at radius 1 is 1.47 bits per heavy atom. The summed E-state index contributed by atoms with van der Waals surface area (Å²) in [5.41, 5.74) is 0.793. The van der Waals surface area contributed by atoms with Crippen LogP contribution >= 0.6 is 0 Å². The molecule has 0 saturated heterocycles. The van der Waals surface area contributed by atoms with Crippen molar-refractivity contribution in [1.29, 1.82) is 0 Å². The van der Waals surface area contributed by atoms with Gasteiger partial charge in [0.1, 0.15) is 5.82 Å². The van der Waals surface area contributed by atoms with Gasteiger partial charge in [0.15, 0.2) is 0 Å². The summed E-state index contributed by atoms with van der Waals surface area (Å²) in [5, 5.41) is 12.2. The third-order valence-electron chi connectivity index (χ3n) is 2.81. The van der Waals surface area contributed by atoms with E-state index in [4.69, 9.17) is 9.84 Å². The number of nitrogens with one attached hydrogen (secondary N) is 1. The van der Waals surface area contributed by atoms with Crippen LogP contribution in [0.3, 0.4) is 0 Å². The van der Waals surface area contributed by atoms with Crippen LogP contribution in [0.5, 0.6) is 0 Å². The zero-order chi connectivity index (χ0) is 14.6. The van der Waals surface area contributed by atoms with E-state index in [1.165, 1.54) is 0 Å². The Bertz CT molecular complexity index is 452. The first-order chi connectivity index (χ1) is 8.74. The molecule has 1 unspecified atom stereocenters. The average Bonchev–Trinajstić information content (AvgIpc) is 2.34. The lowest BCUT2D eigenvalue weighted by molar-refractivity contribution is 0.0696.